The summed E-state index contributed by atoms with van der Waals surface area (Å²) < 4.78 is 1.77. The minimum absolute atomic E-state index is 0.275. The summed E-state index contributed by atoms with van der Waals surface area (Å²) in [7, 11) is 1.89. The number of carbonyl (C=O) groups excluding carboxylic acids is 1. The molecule has 1 atom stereocenters. The Morgan fingerprint density at radius 1 is 1.03 bits per heavy atom. The van der Waals surface area contributed by atoms with Crippen molar-refractivity contribution in [2.24, 2.45) is 7.05 Å². The molecule has 3 aliphatic heterocycles. The van der Waals surface area contributed by atoms with Crippen molar-refractivity contribution >= 4 is 22.8 Å². The molecule has 3 fully saturated rings. The standard InChI is InChI=1S/C21H32N8O/c1-25-20-18(13-24-25)21(23-16-22-20)28-11-9-27(10-12-28)19(30)15-29-8-4-5-17(29)14-26-6-2-3-7-26/h13,16-17H,2-12,14-15H2,1H3. The van der Waals surface area contributed by atoms with Crippen LogP contribution in [0.5, 0.6) is 0 Å². The van der Waals surface area contributed by atoms with E-state index in [1.54, 1.807) is 11.0 Å². The number of fused-ring (bicyclic) bond motifs is 1. The lowest BCUT2D eigenvalue weighted by atomic mass is 10.2. The first kappa shape index (κ1) is 19.7. The van der Waals surface area contributed by atoms with E-state index >= 15 is 0 Å². The Morgan fingerprint density at radius 3 is 2.63 bits per heavy atom. The molecule has 30 heavy (non-hydrogen) atoms. The molecule has 1 unspecified atom stereocenters. The van der Waals surface area contributed by atoms with Crippen LogP contribution in [0.3, 0.4) is 0 Å². The highest BCUT2D eigenvalue weighted by Gasteiger charge is 2.31. The van der Waals surface area contributed by atoms with Crippen LogP contribution in [0.4, 0.5) is 5.82 Å². The first-order chi connectivity index (χ1) is 14.7. The molecule has 0 aromatic carbocycles. The van der Waals surface area contributed by atoms with E-state index in [2.05, 4.69) is 29.8 Å². The molecule has 0 aliphatic carbocycles. The van der Waals surface area contributed by atoms with Crippen LogP contribution in [-0.4, -0.2) is 105 Å². The van der Waals surface area contributed by atoms with Gasteiger partial charge in [0.1, 0.15) is 12.1 Å². The van der Waals surface area contributed by atoms with Crippen molar-refractivity contribution in [1.82, 2.24) is 34.4 Å². The second-order valence-electron chi connectivity index (χ2n) is 8.84. The number of likely N-dealkylation sites (tertiary alicyclic amines) is 2. The molecular weight excluding hydrogens is 380 g/mol. The average molecular weight is 413 g/mol. The molecule has 0 N–H and O–H groups in total. The first-order valence-electron chi connectivity index (χ1n) is 11.3. The Morgan fingerprint density at radius 2 is 1.83 bits per heavy atom. The van der Waals surface area contributed by atoms with Crippen LogP contribution in [0, 0.1) is 0 Å². The van der Waals surface area contributed by atoms with Gasteiger partial charge in [0.05, 0.1) is 18.1 Å². The second kappa shape index (κ2) is 8.47. The number of amides is 1. The summed E-state index contributed by atoms with van der Waals surface area (Å²) in [4.78, 5) is 31.1. The van der Waals surface area contributed by atoms with Crippen molar-refractivity contribution in [3.05, 3.63) is 12.5 Å². The minimum Gasteiger partial charge on any atom is -0.352 e. The van der Waals surface area contributed by atoms with Gasteiger partial charge < -0.3 is 14.7 Å². The predicted molar refractivity (Wildman–Crippen MR) is 115 cm³/mol. The molecule has 9 nitrogen and oxygen atoms in total. The monoisotopic (exact) mass is 412 g/mol. The summed E-state index contributed by atoms with van der Waals surface area (Å²) in [6.07, 6.45) is 8.53. The third-order valence-corrected chi connectivity index (χ3v) is 6.95. The molecule has 0 bridgehead atoms. The van der Waals surface area contributed by atoms with Crippen molar-refractivity contribution < 1.29 is 4.79 Å². The topological polar surface area (TPSA) is 73.6 Å². The molecule has 0 saturated carbocycles. The van der Waals surface area contributed by atoms with Gasteiger partial charge in [0.15, 0.2) is 5.65 Å². The van der Waals surface area contributed by atoms with E-state index in [0.717, 1.165) is 56.1 Å². The normalized spacial score (nSPS) is 23.7. The number of aromatic nitrogens is 4. The number of anilines is 1. The van der Waals surface area contributed by atoms with Crippen LogP contribution < -0.4 is 4.90 Å². The zero-order valence-electron chi connectivity index (χ0n) is 17.9. The van der Waals surface area contributed by atoms with Crippen LogP contribution in [-0.2, 0) is 11.8 Å². The van der Waals surface area contributed by atoms with Crippen molar-refractivity contribution in [2.75, 3.05) is 63.8 Å². The van der Waals surface area contributed by atoms with Crippen molar-refractivity contribution in [1.29, 1.82) is 0 Å². The van der Waals surface area contributed by atoms with Gasteiger partial charge >= 0.3 is 0 Å². The second-order valence-corrected chi connectivity index (χ2v) is 8.84. The van der Waals surface area contributed by atoms with Gasteiger partial charge in [-0.05, 0) is 45.3 Å². The summed E-state index contributed by atoms with van der Waals surface area (Å²) in [5.74, 6) is 1.20. The lowest BCUT2D eigenvalue weighted by molar-refractivity contribution is -0.133. The Balaban J connectivity index is 1.16. The van der Waals surface area contributed by atoms with Gasteiger partial charge in [-0.3, -0.25) is 14.4 Å². The van der Waals surface area contributed by atoms with E-state index in [1.807, 2.05) is 18.1 Å². The van der Waals surface area contributed by atoms with E-state index < -0.39 is 0 Å². The van der Waals surface area contributed by atoms with Gasteiger partial charge in [-0.25, -0.2) is 9.97 Å². The number of rotatable bonds is 5. The Kier molecular flexibility index (Phi) is 5.56. The predicted octanol–water partition coefficient (Wildman–Crippen LogP) is 0.572. The van der Waals surface area contributed by atoms with E-state index in [-0.39, 0.29) is 5.91 Å². The third-order valence-electron chi connectivity index (χ3n) is 6.95. The molecule has 0 radical (unpaired) electrons. The van der Waals surface area contributed by atoms with E-state index in [0.29, 0.717) is 12.6 Å². The van der Waals surface area contributed by atoms with E-state index in [1.165, 1.54) is 38.8 Å². The fraction of sp³-hybridized carbons (Fsp3) is 0.714. The van der Waals surface area contributed by atoms with Gasteiger partial charge in [-0.2, -0.15) is 5.10 Å². The Hall–Kier alpha value is -2.26. The van der Waals surface area contributed by atoms with E-state index in [9.17, 15) is 4.79 Å². The lowest BCUT2D eigenvalue weighted by Gasteiger charge is -2.37. The zero-order valence-corrected chi connectivity index (χ0v) is 17.9. The molecule has 2 aromatic rings. The maximum atomic E-state index is 13.0. The SMILES string of the molecule is Cn1ncc2c(N3CCN(C(=O)CN4CCCC4CN4CCCC4)CC3)ncnc21. The number of carbonyl (C=O) groups is 1. The van der Waals surface area contributed by atoms with Crippen molar-refractivity contribution in [3.8, 4) is 0 Å². The fourth-order valence-electron chi connectivity index (χ4n) is 5.22. The van der Waals surface area contributed by atoms with Crippen LogP contribution in [0.2, 0.25) is 0 Å². The molecule has 9 heteroatoms. The highest BCUT2D eigenvalue weighted by Crippen LogP contribution is 2.24. The summed E-state index contributed by atoms with van der Waals surface area (Å²) >= 11 is 0. The first-order valence-corrected chi connectivity index (χ1v) is 11.3. The van der Waals surface area contributed by atoms with Crippen molar-refractivity contribution in [3.63, 3.8) is 0 Å². The summed E-state index contributed by atoms with van der Waals surface area (Å²) in [5, 5.41) is 5.28. The third kappa shape index (κ3) is 3.88. The summed E-state index contributed by atoms with van der Waals surface area (Å²) in [6, 6.07) is 0.549. The molecule has 0 spiro atoms. The maximum absolute atomic E-state index is 13.0. The fourth-order valence-corrected chi connectivity index (χ4v) is 5.22. The molecular formula is C21H32N8O. The number of piperazine rings is 1. The Bertz CT molecular complexity index is 884. The highest BCUT2D eigenvalue weighted by atomic mass is 16.2. The van der Waals surface area contributed by atoms with E-state index in [4.69, 9.17) is 0 Å². The molecule has 5 rings (SSSR count). The van der Waals surface area contributed by atoms with Crippen LogP contribution in [0.15, 0.2) is 12.5 Å². The molecule has 5 heterocycles. The van der Waals surface area contributed by atoms with Gasteiger partial charge in [0.2, 0.25) is 5.91 Å². The smallest absolute Gasteiger partial charge is 0.236 e. The van der Waals surface area contributed by atoms with Crippen molar-refractivity contribution in [2.45, 2.75) is 31.7 Å². The molecule has 3 saturated heterocycles. The van der Waals surface area contributed by atoms with Gasteiger partial charge in [0.25, 0.3) is 0 Å². The largest absolute Gasteiger partial charge is 0.352 e. The minimum atomic E-state index is 0.275. The number of aryl methyl sites for hydroxylation is 1. The lowest BCUT2D eigenvalue weighted by Crippen LogP contribution is -2.52. The molecule has 1 amide bonds. The number of hydrogen-bond acceptors (Lipinski definition) is 7. The van der Waals surface area contributed by atoms with Gasteiger partial charge in [0, 0.05) is 45.8 Å². The van der Waals surface area contributed by atoms with Gasteiger partial charge in [-0.1, -0.05) is 0 Å². The quantitative estimate of drug-likeness (QED) is 0.711. The zero-order chi connectivity index (χ0) is 20.5. The Labute approximate surface area is 177 Å². The van der Waals surface area contributed by atoms with Crippen LogP contribution in [0.1, 0.15) is 25.7 Å². The summed E-state index contributed by atoms with van der Waals surface area (Å²) in [6.45, 7) is 8.30. The molecule has 2 aromatic heterocycles. The summed E-state index contributed by atoms with van der Waals surface area (Å²) in [5.41, 5.74) is 0.844. The average Bonchev–Trinajstić information content (AvgIpc) is 3.52. The molecule has 3 aliphatic rings. The number of nitrogens with zero attached hydrogens (tertiary/aromatic N) is 8. The van der Waals surface area contributed by atoms with Crippen LogP contribution >= 0.6 is 0 Å². The maximum Gasteiger partial charge on any atom is 0.236 e. The van der Waals surface area contributed by atoms with Gasteiger partial charge in [-0.15, -0.1) is 0 Å². The number of hydrogen-bond donors (Lipinski definition) is 0. The highest BCUT2D eigenvalue weighted by molar-refractivity contribution is 5.87. The van der Waals surface area contributed by atoms with Crippen LogP contribution in [0.25, 0.3) is 11.0 Å². The molecule has 162 valence electrons.